The molecule has 2 unspecified atom stereocenters. The van der Waals surface area contributed by atoms with Crippen molar-refractivity contribution in [2.75, 3.05) is 19.8 Å². The zero-order valence-electron chi connectivity index (χ0n) is 9.23. The Labute approximate surface area is 98.0 Å². The van der Waals surface area contributed by atoms with E-state index in [0.717, 1.165) is 6.07 Å². The maximum Gasteiger partial charge on any atom is 0.129 e. The lowest BCUT2D eigenvalue weighted by Gasteiger charge is -2.27. The molecule has 0 bridgehead atoms. The van der Waals surface area contributed by atoms with Gasteiger partial charge in [-0.25, -0.2) is 8.78 Å². The third-order valence-corrected chi connectivity index (χ3v) is 2.72. The average Bonchev–Trinajstić information content (AvgIpc) is 2.34. The molecule has 0 amide bonds. The normalized spacial score (nSPS) is 22.4. The lowest BCUT2D eigenvalue weighted by molar-refractivity contribution is -0.131. The molecule has 0 radical (unpaired) electrons. The zero-order valence-corrected chi connectivity index (χ0v) is 9.23. The smallest absolute Gasteiger partial charge is 0.129 e. The molecule has 17 heavy (non-hydrogen) atoms. The van der Waals surface area contributed by atoms with Crippen molar-refractivity contribution >= 4 is 0 Å². The summed E-state index contributed by atoms with van der Waals surface area (Å²) in [5, 5.41) is 9.86. The highest BCUT2D eigenvalue weighted by molar-refractivity contribution is 5.19. The molecule has 0 spiro atoms. The number of aliphatic hydroxyl groups excluding tert-OH is 1. The summed E-state index contributed by atoms with van der Waals surface area (Å²) in [4.78, 5) is 0. The monoisotopic (exact) mass is 244 g/mol. The molecule has 0 aliphatic carbocycles. The highest BCUT2D eigenvalue weighted by atomic mass is 19.1. The Morgan fingerprint density at radius 2 is 2.18 bits per heavy atom. The standard InChI is InChI=1S/C12H14F2O3/c13-9-2-1-8(10(14)6-9)5-11(15)12-7-16-3-4-17-12/h1-2,6,11-12,15H,3-5,7H2. The number of rotatable bonds is 3. The summed E-state index contributed by atoms with van der Waals surface area (Å²) in [5.74, 6) is -1.28. The van der Waals surface area contributed by atoms with Crippen molar-refractivity contribution in [1.29, 1.82) is 0 Å². The average molecular weight is 244 g/mol. The molecule has 0 saturated carbocycles. The van der Waals surface area contributed by atoms with Crippen molar-refractivity contribution in [3.8, 4) is 0 Å². The summed E-state index contributed by atoms with van der Waals surface area (Å²) >= 11 is 0. The number of ether oxygens (including phenoxy) is 2. The molecule has 1 fully saturated rings. The van der Waals surface area contributed by atoms with E-state index in [1.807, 2.05) is 0 Å². The van der Waals surface area contributed by atoms with Gasteiger partial charge in [0.1, 0.15) is 17.7 Å². The molecule has 1 aromatic rings. The second-order valence-corrected chi connectivity index (χ2v) is 3.99. The zero-order chi connectivity index (χ0) is 12.3. The third kappa shape index (κ3) is 3.21. The predicted octanol–water partition coefficient (Wildman–Crippen LogP) is 1.28. The molecular formula is C12H14F2O3. The minimum atomic E-state index is -0.852. The van der Waals surface area contributed by atoms with Gasteiger partial charge in [-0.3, -0.25) is 0 Å². The van der Waals surface area contributed by atoms with Crippen LogP contribution in [-0.4, -0.2) is 37.1 Å². The second kappa shape index (κ2) is 5.53. The molecule has 1 heterocycles. The second-order valence-electron chi connectivity index (χ2n) is 3.99. The van der Waals surface area contributed by atoms with Crippen LogP contribution in [0, 0.1) is 11.6 Å². The molecule has 1 aliphatic rings. The molecule has 1 saturated heterocycles. The van der Waals surface area contributed by atoms with Gasteiger partial charge >= 0.3 is 0 Å². The summed E-state index contributed by atoms with van der Waals surface area (Å²) < 4.78 is 36.5. The maximum absolute atomic E-state index is 13.4. The molecule has 1 N–H and O–H groups in total. The van der Waals surface area contributed by atoms with Crippen molar-refractivity contribution in [2.24, 2.45) is 0 Å². The van der Waals surface area contributed by atoms with Gasteiger partial charge in [-0.2, -0.15) is 0 Å². The molecule has 94 valence electrons. The van der Waals surface area contributed by atoms with Crippen LogP contribution < -0.4 is 0 Å². The largest absolute Gasteiger partial charge is 0.390 e. The Morgan fingerprint density at radius 1 is 1.35 bits per heavy atom. The first-order valence-corrected chi connectivity index (χ1v) is 5.48. The first-order valence-electron chi connectivity index (χ1n) is 5.48. The quantitative estimate of drug-likeness (QED) is 0.870. The molecule has 2 atom stereocenters. The summed E-state index contributed by atoms with van der Waals surface area (Å²) in [6.07, 6.45) is -1.22. The van der Waals surface area contributed by atoms with Gasteiger partial charge in [-0.1, -0.05) is 6.07 Å². The molecular weight excluding hydrogens is 230 g/mol. The van der Waals surface area contributed by atoms with Crippen LogP contribution in [0.5, 0.6) is 0 Å². The topological polar surface area (TPSA) is 38.7 Å². The molecule has 3 nitrogen and oxygen atoms in total. The van der Waals surface area contributed by atoms with E-state index in [4.69, 9.17) is 9.47 Å². The highest BCUT2D eigenvalue weighted by Crippen LogP contribution is 2.15. The Morgan fingerprint density at radius 3 is 2.82 bits per heavy atom. The Hall–Kier alpha value is -1.04. The van der Waals surface area contributed by atoms with Crippen molar-refractivity contribution in [3.05, 3.63) is 35.4 Å². The van der Waals surface area contributed by atoms with Gasteiger partial charge in [0.2, 0.25) is 0 Å². The van der Waals surface area contributed by atoms with E-state index in [2.05, 4.69) is 0 Å². The minimum absolute atomic E-state index is 0.0835. The van der Waals surface area contributed by atoms with Gasteiger partial charge in [0.05, 0.1) is 25.9 Å². The third-order valence-electron chi connectivity index (χ3n) is 2.72. The van der Waals surface area contributed by atoms with Crippen molar-refractivity contribution in [3.63, 3.8) is 0 Å². The molecule has 1 aliphatic heterocycles. The van der Waals surface area contributed by atoms with Crippen LogP contribution in [0.15, 0.2) is 18.2 Å². The highest BCUT2D eigenvalue weighted by Gasteiger charge is 2.24. The van der Waals surface area contributed by atoms with E-state index in [1.54, 1.807) is 0 Å². The van der Waals surface area contributed by atoms with Crippen LogP contribution in [0.3, 0.4) is 0 Å². The Bertz CT molecular complexity index is 378. The van der Waals surface area contributed by atoms with Crippen molar-refractivity contribution in [2.45, 2.75) is 18.6 Å². The van der Waals surface area contributed by atoms with Crippen molar-refractivity contribution < 1.29 is 23.4 Å². The van der Waals surface area contributed by atoms with Gasteiger partial charge in [0, 0.05) is 12.5 Å². The van der Waals surface area contributed by atoms with Crippen LogP contribution in [0.4, 0.5) is 8.78 Å². The van der Waals surface area contributed by atoms with E-state index < -0.39 is 23.8 Å². The van der Waals surface area contributed by atoms with E-state index in [-0.39, 0.29) is 12.0 Å². The van der Waals surface area contributed by atoms with Gasteiger partial charge in [-0.15, -0.1) is 0 Å². The van der Waals surface area contributed by atoms with Gasteiger partial charge in [0.15, 0.2) is 0 Å². The number of halogens is 2. The van der Waals surface area contributed by atoms with E-state index >= 15 is 0 Å². The fourth-order valence-corrected chi connectivity index (χ4v) is 1.77. The van der Waals surface area contributed by atoms with E-state index in [0.29, 0.717) is 19.8 Å². The maximum atomic E-state index is 13.4. The van der Waals surface area contributed by atoms with Crippen LogP contribution >= 0.6 is 0 Å². The summed E-state index contributed by atoms with van der Waals surface area (Å²) in [6.45, 7) is 1.23. The molecule has 1 aromatic carbocycles. The van der Waals surface area contributed by atoms with Crippen LogP contribution in [0.25, 0.3) is 0 Å². The summed E-state index contributed by atoms with van der Waals surface area (Å²) in [6, 6.07) is 3.31. The lowest BCUT2D eigenvalue weighted by Crippen LogP contribution is -2.39. The predicted molar refractivity (Wildman–Crippen MR) is 56.6 cm³/mol. The van der Waals surface area contributed by atoms with Gasteiger partial charge < -0.3 is 14.6 Å². The molecule has 5 heteroatoms. The van der Waals surface area contributed by atoms with Gasteiger partial charge in [0.25, 0.3) is 0 Å². The minimum Gasteiger partial charge on any atom is -0.390 e. The first-order chi connectivity index (χ1) is 8.16. The lowest BCUT2D eigenvalue weighted by atomic mass is 10.0. The molecule has 2 rings (SSSR count). The van der Waals surface area contributed by atoms with E-state index in [1.165, 1.54) is 12.1 Å². The number of hydrogen-bond acceptors (Lipinski definition) is 3. The van der Waals surface area contributed by atoms with Crippen molar-refractivity contribution in [1.82, 2.24) is 0 Å². The van der Waals surface area contributed by atoms with Crippen LogP contribution in [-0.2, 0) is 15.9 Å². The first kappa shape index (κ1) is 12.4. The number of hydrogen-bond donors (Lipinski definition) is 1. The fraction of sp³-hybridized carbons (Fsp3) is 0.500. The fourth-order valence-electron chi connectivity index (χ4n) is 1.77. The SMILES string of the molecule is OC(Cc1ccc(F)cc1F)C1COCCO1. The van der Waals surface area contributed by atoms with Crippen LogP contribution in [0.2, 0.25) is 0 Å². The Kier molecular flexibility index (Phi) is 4.04. The van der Waals surface area contributed by atoms with E-state index in [9.17, 15) is 13.9 Å². The summed E-state index contributed by atoms with van der Waals surface area (Å²) in [7, 11) is 0. The number of aliphatic hydroxyl groups is 1. The number of benzene rings is 1. The van der Waals surface area contributed by atoms with Gasteiger partial charge in [-0.05, 0) is 11.6 Å². The van der Waals surface area contributed by atoms with Crippen LogP contribution in [0.1, 0.15) is 5.56 Å². The summed E-state index contributed by atoms with van der Waals surface area (Å²) in [5.41, 5.74) is 0.271. The molecule has 0 aromatic heterocycles. The Balaban J connectivity index is 1.99.